The summed E-state index contributed by atoms with van der Waals surface area (Å²) >= 11 is 0. The fraction of sp³-hybridized carbons (Fsp3) is 0.545. The van der Waals surface area contributed by atoms with Crippen molar-refractivity contribution in [1.29, 1.82) is 0 Å². The number of hydrogen-bond acceptors (Lipinski definition) is 8. The van der Waals surface area contributed by atoms with E-state index >= 15 is 0 Å². The SMILES string of the molecule is Nc1ncnc2c1ncn2[C@@H]1O[C@H](CO)[C@](O)(C(F)(F)F)[C@H]1O. The minimum atomic E-state index is -5.22. The van der Waals surface area contributed by atoms with Gasteiger partial charge < -0.3 is 25.8 Å². The van der Waals surface area contributed by atoms with Gasteiger partial charge in [0.2, 0.25) is 5.60 Å². The third-order valence-electron chi connectivity index (χ3n) is 3.80. The molecule has 3 heterocycles. The average molecular weight is 335 g/mol. The molecule has 1 aliphatic heterocycles. The Balaban J connectivity index is 2.09. The summed E-state index contributed by atoms with van der Waals surface area (Å²) in [5.41, 5.74) is 2.06. The molecule has 126 valence electrons. The number of rotatable bonds is 2. The topological polar surface area (TPSA) is 140 Å². The zero-order valence-corrected chi connectivity index (χ0v) is 11.3. The van der Waals surface area contributed by atoms with Crippen LogP contribution in [-0.2, 0) is 4.74 Å². The summed E-state index contributed by atoms with van der Waals surface area (Å²) in [5.74, 6) is -0.00831. The second kappa shape index (κ2) is 4.99. The second-order valence-corrected chi connectivity index (χ2v) is 5.05. The number of aliphatic hydroxyl groups is 3. The van der Waals surface area contributed by atoms with Crippen molar-refractivity contribution < 1.29 is 33.2 Å². The van der Waals surface area contributed by atoms with Crippen molar-refractivity contribution in [2.75, 3.05) is 12.3 Å². The molecule has 0 spiro atoms. The van der Waals surface area contributed by atoms with Crippen LogP contribution in [0.3, 0.4) is 0 Å². The Labute approximate surface area is 126 Å². The zero-order valence-electron chi connectivity index (χ0n) is 11.3. The third-order valence-corrected chi connectivity index (χ3v) is 3.80. The monoisotopic (exact) mass is 335 g/mol. The van der Waals surface area contributed by atoms with Crippen LogP contribution in [0.2, 0.25) is 0 Å². The lowest BCUT2D eigenvalue weighted by molar-refractivity contribution is -0.296. The van der Waals surface area contributed by atoms with Gasteiger partial charge in [-0.1, -0.05) is 0 Å². The highest BCUT2D eigenvalue weighted by atomic mass is 19.4. The number of aromatic nitrogens is 4. The molecule has 5 N–H and O–H groups in total. The summed E-state index contributed by atoms with van der Waals surface area (Å²) < 4.78 is 45.5. The predicted octanol–water partition coefficient (Wildman–Crippen LogP) is -1.05. The number of alkyl halides is 3. The minimum absolute atomic E-state index is 0.00831. The molecule has 0 aliphatic carbocycles. The minimum Gasteiger partial charge on any atom is -0.394 e. The van der Waals surface area contributed by atoms with Gasteiger partial charge in [-0.05, 0) is 0 Å². The number of fused-ring (bicyclic) bond motifs is 1. The van der Waals surface area contributed by atoms with Gasteiger partial charge >= 0.3 is 6.18 Å². The number of aliphatic hydroxyl groups excluding tert-OH is 2. The van der Waals surface area contributed by atoms with Crippen molar-refractivity contribution >= 4 is 17.0 Å². The quantitative estimate of drug-likeness (QED) is 0.545. The van der Waals surface area contributed by atoms with Gasteiger partial charge in [0.05, 0.1) is 12.9 Å². The van der Waals surface area contributed by atoms with Crippen molar-refractivity contribution in [2.45, 2.75) is 30.2 Å². The Hall–Kier alpha value is -2.02. The Morgan fingerprint density at radius 1 is 1.35 bits per heavy atom. The van der Waals surface area contributed by atoms with E-state index in [1.807, 2.05) is 0 Å². The zero-order chi connectivity index (χ0) is 17.0. The van der Waals surface area contributed by atoms with Crippen LogP contribution in [0, 0.1) is 0 Å². The molecule has 0 saturated carbocycles. The van der Waals surface area contributed by atoms with E-state index in [2.05, 4.69) is 15.0 Å². The van der Waals surface area contributed by atoms with E-state index in [-0.39, 0.29) is 17.0 Å². The van der Waals surface area contributed by atoms with E-state index in [0.29, 0.717) is 0 Å². The Kier molecular flexibility index (Phi) is 3.44. The number of imidazole rings is 1. The van der Waals surface area contributed by atoms with E-state index in [9.17, 15) is 23.4 Å². The summed E-state index contributed by atoms with van der Waals surface area (Å²) in [4.78, 5) is 11.4. The largest absolute Gasteiger partial charge is 0.422 e. The Morgan fingerprint density at radius 2 is 2.04 bits per heavy atom. The molecule has 12 heteroatoms. The van der Waals surface area contributed by atoms with Gasteiger partial charge in [-0.2, -0.15) is 13.2 Å². The molecular weight excluding hydrogens is 323 g/mol. The van der Waals surface area contributed by atoms with Gasteiger partial charge in [0.1, 0.15) is 24.1 Å². The van der Waals surface area contributed by atoms with E-state index in [0.717, 1.165) is 17.2 Å². The molecule has 2 aromatic rings. The Morgan fingerprint density at radius 3 is 2.61 bits per heavy atom. The van der Waals surface area contributed by atoms with Crippen LogP contribution >= 0.6 is 0 Å². The van der Waals surface area contributed by atoms with Crippen LogP contribution < -0.4 is 5.73 Å². The van der Waals surface area contributed by atoms with Crippen molar-refractivity contribution in [3.63, 3.8) is 0 Å². The maximum absolute atomic E-state index is 13.2. The van der Waals surface area contributed by atoms with E-state index < -0.39 is 36.8 Å². The fourth-order valence-electron chi connectivity index (χ4n) is 2.56. The Bertz CT molecular complexity index is 738. The van der Waals surface area contributed by atoms with Crippen molar-refractivity contribution in [3.05, 3.63) is 12.7 Å². The molecule has 0 bridgehead atoms. The van der Waals surface area contributed by atoms with E-state index in [1.165, 1.54) is 0 Å². The van der Waals surface area contributed by atoms with Crippen molar-refractivity contribution in [1.82, 2.24) is 19.5 Å². The smallest absolute Gasteiger partial charge is 0.394 e. The van der Waals surface area contributed by atoms with Crippen LogP contribution in [0.15, 0.2) is 12.7 Å². The van der Waals surface area contributed by atoms with Crippen molar-refractivity contribution in [3.8, 4) is 0 Å². The number of nitrogens with zero attached hydrogens (tertiary/aromatic N) is 4. The van der Waals surface area contributed by atoms with Crippen LogP contribution in [0.4, 0.5) is 19.0 Å². The maximum Gasteiger partial charge on any atom is 0.422 e. The van der Waals surface area contributed by atoms with Gasteiger partial charge in [0.25, 0.3) is 0 Å². The lowest BCUT2D eigenvalue weighted by atomic mass is 9.91. The van der Waals surface area contributed by atoms with Gasteiger partial charge in [-0.25, -0.2) is 15.0 Å². The molecule has 2 aromatic heterocycles. The highest BCUT2D eigenvalue weighted by molar-refractivity contribution is 5.81. The van der Waals surface area contributed by atoms with Gasteiger partial charge in [0.15, 0.2) is 17.7 Å². The normalized spacial score (nSPS) is 31.8. The highest BCUT2D eigenvalue weighted by Gasteiger charge is 2.70. The van der Waals surface area contributed by atoms with Crippen LogP contribution in [0.5, 0.6) is 0 Å². The van der Waals surface area contributed by atoms with Crippen LogP contribution in [0.25, 0.3) is 11.2 Å². The second-order valence-electron chi connectivity index (χ2n) is 5.05. The summed E-state index contributed by atoms with van der Waals surface area (Å²) in [6.45, 7) is -1.15. The first-order chi connectivity index (χ1) is 10.7. The average Bonchev–Trinajstić information content (AvgIpc) is 3.01. The lowest BCUT2D eigenvalue weighted by Crippen LogP contribution is -2.59. The number of anilines is 1. The molecule has 9 nitrogen and oxygen atoms in total. The number of hydrogen-bond donors (Lipinski definition) is 4. The standard InChI is InChI=1S/C11H12F3N5O4/c12-11(13,14)10(22)4(1-20)23-9(6(10)21)19-3-18-5-7(15)16-2-17-8(5)19/h2-4,6,9,20-22H,1H2,(H2,15,16,17)/t4-,6+,9-,10-/m1/s1. The van der Waals surface area contributed by atoms with Gasteiger partial charge in [-0.15, -0.1) is 0 Å². The summed E-state index contributed by atoms with van der Waals surface area (Å²) in [7, 11) is 0. The molecule has 1 saturated heterocycles. The molecule has 0 radical (unpaired) electrons. The molecule has 3 rings (SSSR count). The molecular formula is C11H12F3N5O4. The molecule has 0 amide bonds. The first kappa shape index (κ1) is 15.9. The number of halogens is 3. The molecule has 1 fully saturated rings. The third kappa shape index (κ3) is 2.06. The van der Waals surface area contributed by atoms with E-state index in [4.69, 9.17) is 15.6 Å². The summed E-state index contributed by atoms with van der Waals surface area (Å²) in [6.07, 6.45) is -9.25. The van der Waals surface area contributed by atoms with E-state index in [1.54, 1.807) is 0 Å². The van der Waals surface area contributed by atoms with Gasteiger partial charge in [0, 0.05) is 0 Å². The van der Waals surface area contributed by atoms with Crippen LogP contribution in [0.1, 0.15) is 6.23 Å². The summed E-state index contributed by atoms with van der Waals surface area (Å²) in [5, 5.41) is 29.0. The van der Waals surface area contributed by atoms with Gasteiger partial charge in [-0.3, -0.25) is 4.57 Å². The lowest BCUT2D eigenvalue weighted by Gasteiger charge is -2.31. The summed E-state index contributed by atoms with van der Waals surface area (Å²) in [6, 6.07) is 0. The highest BCUT2D eigenvalue weighted by Crippen LogP contribution is 2.47. The number of nitrogen functional groups attached to an aromatic ring is 1. The predicted molar refractivity (Wildman–Crippen MR) is 67.7 cm³/mol. The van der Waals surface area contributed by atoms with Crippen LogP contribution in [-0.4, -0.2) is 65.4 Å². The number of nitrogens with two attached hydrogens (primary N) is 1. The number of ether oxygens (including phenoxy) is 1. The first-order valence-corrected chi connectivity index (χ1v) is 6.38. The molecule has 1 aliphatic rings. The molecule has 0 unspecified atom stereocenters. The van der Waals surface area contributed by atoms with Crippen molar-refractivity contribution in [2.24, 2.45) is 0 Å². The molecule has 23 heavy (non-hydrogen) atoms. The maximum atomic E-state index is 13.2. The molecule has 4 atom stereocenters. The molecule has 0 aromatic carbocycles. The first-order valence-electron chi connectivity index (χ1n) is 6.38. The fourth-order valence-corrected chi connectivity index (χ4v) is 2.56.